The Balaban J connectivity index is 1.18. The van der Waals surface area contributed by atoms with Gasteiger partial charge in [-0.2, -0.15) is 0 Å². The molecule has 4 saturated carbocycles. The van der Waals surface area contributed by atoms with E-state index >= 15 is 0 Å². The summed E-state index contributed by atoms with van der Waals surface area (Å²) in [4.78, 5) is 15.1. The summed E-state index contributed by atoms with van der Waals surface area (Å²) in [5.41, 5.74) is 1.78. The lowest BCUT2D eigenvalue weighted by Gasteiger charge is -2.56. The number of carbonyl (C=O) groups excluding carboxylic acids is 1. The maximum Gasteiger partial charge on any atom is 0.234 e. The molecule has 4 heteroatoms. The lowest BCUT2D eigenvalue weighted by atomic mass is 9.49. The minimum absolute atomic E-state index is 0.238. The van der Waals surface area contributed by atoms with Crippen molar-refractivity contribution in [3.63, 3.8) is 0 Å². The summed E-state index contributed by atoms with van der Waals surface area (Å²) >= 11 is 0. The van der Waals surface area contributed by atoms with Crippen LogP contribution in [0.15, 0.2) is 18.3 Å². The topological polar surface area (TPSA) is 37.3 Å². The second-order valence-corrected chi connectivity index (χ2v) is 9.87. The van der Waals surface area contributed by atoms with E-state index in [0.717, 1.165) is 30.8 Å². The van der Waals surface area contributed by atoms with E-state index in [9.17, 15) is 4.79 Å². The van der Waals surface area contributed by atoms with Gasteiger partial charge in [0.15, 0.2) is 0 Å². The summed E-state index contributed by atoms with van der Waals surface area (Å²) in [6.07, 6.45) is 13.0. The molecule has 0 radical (unpaired) electrons. The number of amides is 1. The molecule has 4 bridgehead atoms. The SMILES string of the molecule is Cn1cccc1[C@H]1CCCN1CC(=O)NCC12CC3CC(CC(C3)C1)C2. The molecule has 1 atom stereocenters. The van der Waals surface area contributed by atoms with Gasteiger partial charge in [0.2, 0.25) is 5.91 Å². The van der Waals surface area contributed by atoms with Gasteiger partial charge in [-0.15, -0.1) is 0 Å². The predicted octanol–water partition coefficient (Wildman–Crippen LogP) is 3.49. The minimum Gasteiger partial charge on any atom is -0.354 e. The third-order valence-electron chi connectivity index (χ3n) is 7.86. The van der Waals surface area contributed by atoms with E-state index in [0.29, 0.717) is 18.0 Å². The van der Waals surface area contributed by atoms with Crippen molar-refractivity contribution in [2.24, 2.45) is 30.2 Å². The predicted molar refractivity (Wildman–Crippen MR) is 103 cm³/mol. The van der Waals surface area contributed by atoms with Gasteiger partial charge in [-0.3, -0.25) is 9.69 Å². The van der Waals surface area contributed by atoms with Crippen molar-refractivity contribution in [3.8, 4) is 0 Å². The standard InChI is InChI=1S/C22H33N3O/c1-24-6-2-4-19(24)20-5-3-7-25(20)14-21(26)23-15-22-11-16-8-17(12-22)10-18(9-16)13-22/h2,4,6,16-18,20H,3,5,7-15H2,1H3,(H,23,26)/t16?,17?,18?,20-,22?/m1/s1. The fourth-order valence-corrected chi connectivity index (χ4v) is 7.20. The fraction of sp³-hybridized carbons (Fsp3) is 0.773. The molecule has 26 heavy (non-hydrogen) atoms. The number of nitrogens with one attached hydrogen (secondary N) is 1. The van der Waals surface area contributed by atoms with Gasteiger partial charge in [-0.05, 0) is 93.2 Å². The second kappa shape index (κ2) is 6.40. The van der Waals surface area contributed by atoms with Crippen LogP contribution in [0.2, 0.25) is 0 Å². The fourth-order valence-electron chi connectivity index (χ4n) is 7.20. The highest BCUT2D eigenvalue weighted by atomic mass is 16.2. The number of aromatic nitrogens is 1. The van der Waals surface area contributed by atoms with Crippen LogP contribution in [0.4, 0.5) is 0 Å². The Morgan fingerprint density at radius 2 is 1.88 bits per heavy atom. The zero-order chi connectivity index (χ0) is 17.7. The Morgan fingerprint density at radius 3 is 2.50 bits per heavy atom. The van der Waals surface area contributed by atoms with E-state index in [4.69, 9.17) is 0 Å². The molecule has 2 heterocycles. The maximum absolute atomic E-state index is 12.7. The number of likely N-dealkylation sites (tertiary alicyclic amines) is 1. The average Bonchev–Trinajstić information content (AvgIpc) is 3.20. The quantitative estimate of drug-likeness (QED) is 0.878. The van der Waals surface area contributed by atoms with Crippen molar-refractivity contribution in [2.75, 3.05) is 19.6 Å². The van der Waals surface area contributed by atoms with E-state index in [1.807, 2.05) is 0 Å². The van der Waals surface area contributed by atoms with E-state index in [1.54, 1.807) is 0 Å². The van der Waals surface area contributed by atoms with Crippen LogP contribution in [0.25, 0.3) is 0 Å². The summed E-state index contributed by atoms with van der Waals surface area (Å²) in [6, 6.07) is 4.72. The van der Waals surface area contributed by atoms with E-state index < -0.39 is 0 Å². The average molecular weight is 356 g/mol. The molecule has 1 amide bonds. The van der Waals surface area contributed by atoms with Crippen LogP contribution in [-0.4, -0.2) is 35.0 Å². The maximum atomic E-state index is 12.7. The molecule has 6 rings (SSSR count). The first kappa shape index (κ1) is 16.9. The number of nitrogens with zero attached hydrogens (tertiary/aromatic N) is 2. The summed E-state index contributed by atoms with van der Waals surface area (Å²) in [7, 11) is 2.11. The van der Waals surface area contributed by atoms with Crippen molar-refractivity contribution in [1.82, 2.24) is 14.8 Å². The summed E-state index contributed by atoms with van der Waals surface area (Å²) < 4.78 is 2.20. The van der Waals surface area contributed by atoms with Crippen LogP contribution in [0.3, 0.4) is 0 Å². The lowest BCUT2D eigenvalue weighted by molar-refractivity contribution is -0.124. The van der Waals surface area contributed by atoms with Crippen LogP contribution in [0.1, 0.15) is 63.1 Å². The molecular formula is C22H33N3O. The number of hydrogen-bond acceptors (Lipinski definition) is 2. The molecule has 5 aliphatic rings. The number of aryl methyl sites for hydroxylation is 1. The Hall–Kier alpha value is -1.29. The van der Waals surface area contributed by atoms with Crippen LogP contribution in [0, 0.1) is 23.2 Å². The summed E-state index contributed by atoms with van der Waals surface area (Å²) in [5, 5.41) is 3.36. The molecule has 1 saturated heterocycles. The van der Waals surface area contributed by atoms with Gasteiger partial charge in [0.05, 0.1) is 12.6 Å². The van der Waals surface area contributed by atoms with Gasteiger partial charge in [0.1, 0.15) is 0 Å². The van der Waals surface area contributed by atoms with Gasteiger partial charge in [-0.25, -0.2) is 0 Å². The Bertz CT molecular complexity index is 643. The van der Waals surface area contributed by atoms with Crippen LogP contribution >= 0.6 is 0 Å². The molecular weight excluding hydrogens is 322 g/mol. The molecule has 0 aromatic carbocycles. The Morgan fingerprint density at radius 1 is 1.19 bits per heavy atom. The normalized spacial score (nSPS) is 38.8. The van der Waals surface area contributed by atoms with E-state index in [2.05, 4.69) is 40.2 Å². The highest BCUT2D eigenvalue weighted by Gasteiger charge is 2.50. The van der Waals surface area contributed by atoms with Crippen LogP contribution in [0.5, 0.6) is 0 Å². The lowest BCUT2D eigenvalue weighted by Crippen LogP contribution is -2.52. The highest BCUT2D eigenvalue weighted by Crippen LogP contribution is 2.59. The Kier molecular flexibility index (Phi) is 4.15. The molecule has 0 spiro atoms. The number of carbonyl (C=O) groups is 1. The Labute approximate surface area is 157 Å². The molecule has 0 unspecified atom stereocenters. The highest BCUT2D eigenvalue weighted by molar-refractivity contribution is 5.78. The van der Waals surface area contributed by atoms with E-state index in [1.165, 1.54) is 57.1 Å². The molecule has 142 valence electrons. The first-order valence-corrected chi connectivity index (χ1v) is 10.7. The molecule has 4 nitrogen and oxygen atoms in total. The largest absolute Gasteiger partial charge is 0.354 e. The van der Waals surface area contributed by atoms with Crippen molar-refractivity contribution in [3.05, 3.63) is 24.0 Å². The van der Waals surface area contributed by atoms with Gasteiger partial charge in [0.25, 0.3) is 0 Å². The minimum atomic E-state index is 0.238. The van der Waals surface area contributed by atoms with Gasteiger partial charge in [-0.1, -0.05) is 0 Å². The first-order chi connectivity index (χ1) is 12.6. The molecule has 1 aromatic heterocycles. The zero-order valence-corrected chi connectivity index (χ0v) is 16.1. The second-order valence-electron chi connectivity index (χ2n) is 9.87. The molecule has 1 aliphatic heterocycles. The number of rotatable bonds is 5. The van der Waals surface area contributed by atoms with Gasteiger partial charge >= 0.3 is 0 Å². The van der Waals surface area contributed by atoms with Crippen LogP contribution < -0.4 is 5.32 Å². The number of hydrogen-bond donors (Lipinski definition) is 1. The summed E-state index contributed by atoms with van der Waals surface area (Å²) in [6.45, 7) is 2.53. The van der Waals surface area contributed by atoms with Gasteiger partial charge < -0.3 is 9.88 Å². The van der Waals surface area contributed by atoms with Gasteiger partial charge in [0, 0.05) is 25.5 Å². The molecule has 5 fully saturated rings. The summed E-state index contributed by atoms with van der Waals surface area (Å²) in [5.74, 6) is 3.11. The molecule has 4 aliphatic carbocycles. The van der Waals surface area contributed by atoms with Crippen molar-refractivity contribution in [2.45, 2.75) is 57.4 Å². The third-order valence-corrected chi connectivity index (χ3v) is 7.86. The van der Waals surface area contributed by atoms with E-state index in [-0.39, 0.29) is 5.91 Å². The van der Waals surface area contributed by atoms with Crippen molar-refractivity contribution >= 4 is 5.91 Å². The molecule has 1 aromatic rings. The first-order valence-electron chi connectivity index (χ1n) is 10.7. The molecule has 1 N–H and O–H groups in total. The zero-order valence-electron chi connectivity index (χ0n) is 16.1. The van der Waals surface area contributed by atoms with Crippen molar-refractivity contribution in [1.29, 1.82) is 0 Å². The smallest absolute Gasteiger partial charge is 0.234 e. The third kappa shape index (κ3) is 3.00. The monoisotopic (exact) mass is 355 g/mol. The van der Waals surface area contributed by atoms with Crippen LogP contribution in [-0.2, 0) is 11.8 Å². The van der Waals surface area contributed by atoms with Crippen molar-refractivity contribution < 1.29 is 4.79 Å².